The lowest BCUT2D eigenvalue weighted by molar-refractivity contribution is 0.415. The Hall–Kier alpha value is -2.35. The first kappa shape index (κ1) is 14.1. The van der Waals surface area contributed by atoms with Crippen LogP contribution < -0.4 is 14.8 Å². The molecule has 20 heavy (non-hydrogen) atoms. The molecular weight excluding hydrogens is 280 g/mol. The molecule has 106 valence electrons. The predicted octanol–water partition coefficient (Wildman–Crippen LogP) is 1.33. The summed E-state index contributed by atoms with van der Waals surface area (Å²) in [5, 5.41) is 2.72. The van der Waals surface area contributed by atoms with Gasteiger partial charge >= 0.3 is 0 Å². The Kier molecular flexibility index (Phi) is 4.04. The van der Waals surface area contributed by atoms with Crippen LogP contribution in [-0.2, 0) is 10.0 Å². The molecule has 0 fully saturated rings. The fourth-order valence-electron chi connectivity index (χ4n) is 1.46. The van der Waals surface area contributed by atoms with E-state index in [0.29, 0.717) is 17.4 Å². The molecule has 0 saturated carbocycles. The second-order valence-electron chi connectivity index (χ2n) is 3.83. The molecule has 0 unspecified atom stereocenters. The van der Waals surface area contributed by atoms with Crippen molar-refractivity contribution in [1.29, 1.82) is 0 Å². The summed E-state index contributed by atoms with van der Waals surface area (Å²) in [6.45, 7) is 0. The number of benzene rings is 1. The number of ether oxygens (including phenoxy) is 1. The molecule has 0 spiro atoms. The Labute approximate surface area is 117 Å². The van der Waals surface area contributed by atoms with Crippen molar-refractivity contribution in [2.45, 2.75) is 4.90 Å². The van der Waals surface area contributed by atoms with Crippen LogP contribution in [0.5, 0.6) is 5.75 Å². The largest absolute Gasteiger partial charge is 0.497 e. The van der Waals surface area contributed by atoms with E-state index in [4.69, 9.17) is 4.74 Å². The van der Waals surface area contributed by atoms with Gasteiger partial charge in [0, 0.05) is 12.7 Å². The van der Waals surface area contributed by atoms with Crippen molar-refractivity contribution in [2.75, 3.05) is 24.2 Å². The zero-order chi connectivity index (χ0) is 14.6. The lowest BCUT2D eigenvalue weighted by Crippen LogP contribution is -2.14. The molecular formula is C12H14N4O3S. The SMILES string of the molecule is CNc1ncc(S(=O)(=O)Nc2ccc(OC)cc2)cn1. The molecule has 2 aromatic rings. The molecule has 0 saturated heterocycles. The number of nitrogens with zero attached hydrogens (tertiary/aromatic N) is 2. The first-order valence-corrected chi connectivity index (χ1v) is 7.20. The molecule has 1 heterocycles. The molecule has 0 aliphatic carbocycles. The molecule has 0 aliphatic heterocycles. The van der Waals surface area contributed by atoms with E-state index >= 15 is 0 Å². The number of sulfonamides is 1. The van der Waals surface area contributed by atoms with E-state index in [0.717, 1.165) is 0 Å². The second-order valence-corrected chi connectivity index (χ2v) is 5.51. The Morgan fingerprint density at radius 2 is 1.70 bits per heavy atom. The minimum Gasteiger partial charge on any atom is -0.497 e. The van der Waals surface area contributed by atoms with Crippen LogP contribution in [0, 0.1) is 0 Å². The van der Waals surface area contributed by atoms with Crippen molar-refractivity contribution in [2.24, 2.45) is 0 Å². The van der Waals surface area contributed by atoms with Crippen molar-refractivity contribution in [3.8, 4) is 5.75 Å². The van der Waals surface area contributed by atoms with Crippen molar-refractivity contribution < 1.29 is 13.2 Å². The summed E-state index contributed by atoms with van der Waals surface area (Å²) >= 11 is 0. The summed E-state index contributed by atoms with van der Waals surface area (Å²) in [6.07, 6.45) is 2.48. The van der Waals surface area contributed by atoms with Gasteiger partial charge in [-0.3, -0.25) is 4.72 Å². The van der Waals surface area contributed by atoms with Crippen molar-refractivity contribution >= 4 is 21.7 Å². The highest BCUT2D eigenvalue weighted by atomic mass is 32.2. The summed E-state index contributed by atoms with van der Waals surface area (Å²) in [5.74, 6) is 1.00. The molecule has 0 radical (unpaired) electrons. The summed E-state index contributed by atoms with van der Waals surface area (Å²) in [7, 11) is -0.508. The number of aromatic nitrogens is 2. The van der Waals surface area contributed by atoms with Crippen LogP contribution in [0.15, 0.2) is 41.6 Å². The van der Waals surface area contributed by atoms with Gasteiger partial charge < -0.3 is 10.1 Å². The van der Waals surface area contributed by atoms with Crippen LogP contribution in [0.4, 0.5) is 11.6 Å². The van der Waals surface area contributed by atoms with E-state index in [1.807, 2.05) is 0 Å². The molecule has 8 heteroatoms. The predicted molar refractivity (Wildman–Crippen MR) is 75.4 cm³/mol. The van der Waals surface area contributed by atoms with E-state index in [9.17, 15) is 8.42 Å². The van der Waals surface area contributed by atoms with Gasteiger partial charge in [-0.15, -0.1) is 0 Å². The van der Waals surface area contributed by atoms with Gasteiger partial charge in [0.1, 0.15) is 10.6 Å². The van der Waals surface area contributed by atoms with Crippen LogP contribution in [0.2, 0.25) is 0 Å². The highest BCUT2D eigenvalue weighted by molar-refractivity contribution is 7.92. The smallest absolute Gasteiger partial charge is 0.264 e. The van der Waals surface area contributed by atoms with Gasteiger partial charge in [-0.25, -0.2) is 18.4 Å². The third-order valence-electron chi connectivity index (χ3n) is 2.50. The molecule has 0 aliphatic rings. The van der Waals surface area contributed by atoms with Gasteiger partial charge in [-0.1, -0.05) is 0 Å². The molecule has 2 N–H and O–H groups in total. The normalized spacial score (nSPS) is 10.9. The van der Waals surface area contributed by atoms with Crippen molar-refractivity contribution in [1.82, 2.24) is 9.97 Å². The fraction of sp³-hybridized carbons (Fsp3) is 0.167. The molecule has 2 rings (SSSR count). The lowest BCUT2D eigenvalue weighted by Gasteiger charge is -2.08. The summed E-state index contributed by atoms with van der Waals surface area (Å²) in [6, 6.07) is 6.55. The molecule has 0 atom stereocenters. The highest BCUT2D eigenvalue weighted by Gasteiger charge is 2.15. The maximum absolute atomic E-state index is 12.1. The van der Waals surface area contributed by atoms with Gasteiger partial charge in [0.2, 0.25) is 5.95 Å². The number of rotatable bonds is 5. The third kappa shape index (κ3) is 3.15. The molecule has 1 aromatic heterocycles. The average Bonchev–Trinajstić information content (AvgIpc) is 2.48. The minimum atomic E-state index is -3.70. The topological polar surface area (TPSA) is 93.2 Å². The quantitative estimate of drug-likeness (QED) is 0.864. The van der Waals surface area contributed by atoms with E-state index in [1.165, 1.54) is 12.4 Å². The Balaban J connectivity index is 2.20. The maximum Gasteiger partial charge on any atom is 0.264 e. The lowest BCUT2D eigenvalue weighted by atomic mass is 10.3. The van der Waals surface area contributed by atoms with Crippen LogP contribution in [0.3, 0.4) is 0 Å². The van der Waals surface area contributed by atoms with Crippen molar-refractivity contribution in [3.63, 3.8) is 0 Å². The zero-order valence-electron chi connectivity index (χ0n) is 11.0. The zero-order valence-corrected chi connectivity index (χ0v) is 11.8. The molecule has 0 amide bonds. The average molecular weight is 294 g/mol. The van der Waals surface area contributed by atoms with Crippen LogP contribution in [-0.4, -0.2) is 32.5 Å². The van der Waals surface area contributed by atoms with Gasteiger partial charge in [0.15, 0.2) is 0 Å². The third-order valence-corrected chi connectivity index (χ3v) is 3.84. The number of hydrogen-bond acceptors (Lipinski definition) is 6. The van der Waals surface area contributed by atoms with Crippen LogP contribution in [0.25, 0.3) is 0 Å². The first-order chi connectivity index (χ1) is 9.55. The second kappa shape index (κ2) is 5.74. The standard InChI is InChI=1S/C12H14N4O3S/c1-13-12-14-7-11(8-15-12)20(17,18)16-9-3-5-10(19-2)6-4-9/h3-8,16H,1-2H3,(H,13,14,15). The summed E-state index contributed by atoms with van der Waals surface area (Å²) in [4.78, 5) is 7.74. The van der Waals surface area contributed by atoms with Gasteiger partial charge in [0.25, 0.3) is 10.0 Å². The number of methoxy groups -OCH3 is 1. The van der Waals surface area contributed by atoms with Gasteiger partial charge in [-0.2, -0.15) is 0 Å². The van der Waals surface area contributed by atoms with Crippen LogP contribution in [0.1, 0.15) is 0 Å². The van der Waals surface area contributed by atoms with E-state index in [-0.39, 0.29) is 4.90 Å². The number of hydrogen-bond donors (Lipinski definition) is 2. The van der Waals surface area contributed by atoms with Crippen LogP contribution >= 0.6 is 0 Å². The highest BCUT2D eigenvalue weighted by Crippen LogP contribution is 2.18. The Morgan fingerprint density at radius 1 is 1.10 bits per heavy atom. The molecule has 7 nitrogen and oxygen atoms in total. The minimum absolute atomic E-state index is 0.00711. The Morgan fingerprint density at radius 3 is 2.20 bits per heavy atom. The van der Waals surface area contributed by atoms with Gasteiger partial charge in [0.05, 0.1) is 19.5 Å². The fourth-order valence-corrected chi connectivity index (χ4v) is 2.40. The van der Waals surface area contributed by atoms with Gasteiger partial charge in [-0.05, 0) is 24.3 Å². The van der Waals surface area contributed by atoms with E-state index < -0.39 is 10.0 Å². The van der Waals surface area contributed by atoms with E-state index in [1.54, 1.807) is 38.4 Å². The monoisotopic (exact) mass is 294 g/mol. The molecule has 1 aromatic carbocycles. The maximum atomic E-state index is 12.1. The Bertz CT molecular complexity index is 669. The first-order valence-electron chi connectivity index (χ1n) is 5.72. The summed E-state index contributed by atoms with van der Waals surface area (Å²) < 4.78 is 31.7. The van der Waals surface area contributed by atoms with Crippen molar-refractivity contribution in [3.05, 3.63) is 36.7 Å². The number of anilines is 2. The number of nitrogens with one attached hydrogen (secondary N) is 2. The molecule has 0 bridgehead atoms. The summed E-state index contributed by atoms with van der Waals surface area (Å²) in [5.41, 5.74) is 0.434. The van der Waals surface area contributed by atoms with E-state index in [2.05, 4.69) is 20.0 Å².